The molecule has 1 aliphatic rings. The Morgan fingerprint density at radius 3 is 2.49 bits per heavy atom. The molecule has 0 aliphatic carbocycles. The van der Waals surface area contributed by atoms with Crippen molar-refractivity contribution in [1.82, 2.24) is 14.1 Å². The molecule has 0 aromatic heterocycles. The number of nitrogens with one attached hydrogen (secondary N) is 1. The second-order valence-corrected chi connectivity index (χ2v) is 13.3. The number of fused-ring (bicyclic) bond motifs is 1. The molecule has 3 atom stereocenters. The Morgan fingerprint density at radius 2 is 1.85 bits per heavy atom. The lowest BCUT2D eigenvalue weighted by molar-refractivity contribution is -0.134. The van der Waals surface area contributed by atoms with Gasteiger partial charge in [-0.3, -0.25) is 9.59 Å². The number of amides is 2. The van der Waals surface area contributed by atoms with E-state index < -0.39 is 22.2 Å². The van der Waals surface area contributed by atoms with Gasteiger partial charge in [0, 0.05) is 37.2 Å². The number of rotatable bonds is 11. The van der Waals surface area contributed by atoms with Crippen LogP contribution in [0.4, 0.5) is 5.69 Å². The van der Waals surface area contributed by atoms with Gasteiger partial charge in [-0.1, -0.05) is 24.6 Å². The fourth-order valence-electron chi connectivity index (χ4n) is 4.75. The van der Waals surface area contributed by atoms with Gasteiger partial charge in [-0.2, -0.15) is 4.31 Å². The number of likely N-dealkylation sites (N-methyl/N-ethyl adjacent to an activating group) is 1. The van der Waals surface area contributed by atoms with Crippen LogP contribution < -0.4 is 10.1 Å². The maximum absolute atomic E-state index is 13.4. The van der Waals surface area contributed by atoms with Crippen LogP contribution in [0, 0.1) is 12.8 Å². The Labute approximate surface area is 244 Å². The number of aliphatic hydroxyl groups is 1. The lowest BCUT2D eigenvalue weighted by atomic mass is 10.0. The predicted molar refractivity (Wildman–Crippen MR) is 159 cm³/mol. The van der Waals surface area contributed by atoms with Gasteiger partial charge in [0.25, 0.3) is 0 Å². The molecule has 0 unspecified atom stereocenters. The summed E-state index contributed by atoms with van der Waals surface area (Å²) < 4.78 is 34.4. The van der Waals surface area contributed by atoms with Crippen molar-refractivity contribution in [3.05, 3.63) is 53.6 Å². The first-order valence-electron chi connectivity index (χ1n) is 14.0. The third-order valence-corrected chi connectivity index (χ3v) is 9.21. The summed E-state index contributed by atoms with van der Waals surface area (Å²) in [6.07, 6.45) is 0.511. The van der Waals surface area contributed by atoms with E-state index in [9.17, 15) is 23.1 Å². The average molecular weight is 589 g/mol. The van der Waals surface area contributed by atoms with Crippen LogP contribution in [0.1, 0.15) is 37.8 Å². The number of aliphatic hydroxyl groups excluding tert-OH is 1. The summed E-state index contributed by atoms with van der Waals surface area (Å²) in [6, 6.07) is 11.4. The van der Waals surface area contributed by atoms with E-state index in [0.29, 0.717) is 23.4 Å². The number of aryl methyl sites for hydroxylation is 1. The molecule has 41 heavy (non-hydrogen) atoms. The summed E-state index contributed by atoms with van der Waals surface area (Å²) in [5.74, 6) is -0.0999. The van der Waals surface area contributed by atoms with E-state index in [1.165, 1.54) is 11.4 Å². The van der Waals surface area contributed by atoms with Crippen molar-refractivity contribution in [2.45, 2.75) is 57.1 Å². The summed E-state index contributed by atoms with van der Waals surface area (Å²) >= 11 is 0. The normalized spacial score (nSPS) is 18.8. The minimum absolute atomic E-state index is 0.0148. The lowest BCUT2D eigenvalue weighted by Crippen LogP contribution is -2.48. The highest BCUT2D eigenvalue weighted by atomic mass is 32.2. The van der Waals surface area contributed by atoms with E-state index in [1.807, 2.05) is 32.8 Å². The van der Waals surface area contributed by atoms with E-state index in [4.69, 9.17) is 4.74 Å². The van der Waals surface area contributed by atoms with E-state index >= 15 is 0 Å². The summed E-state index contributed by atoms with van der Waals surface area (Å²) in [6.45, 7) is 6.51. The van der Waals surface area contributed by atoms with Gasteiger partial charge in [0.15, 0.2) is 0 Å². The molecule has 0 bridgehead atoms. The first-order valence-corrected chi connectivity index (χ1v) is 15.4. The molecule has 3 rings (SSSR count). The quantitative estimate of drug-likeness (QED) is 0.414. The zero-order chi connectivity index (χ0) is 30.3. The minimum Gasteiger partial charge on any atom is -0.488 e. The summed E-state index contributed by atoms with van der Waals surface area (Å²) in [5, 5.41) is 12.8. The highest BCUT2D eigenvalue weighted by Gasteiger charge is 2.33. The van der Waals surface area contributed by atoms with Crippen LogP contribution in [0.15, 0.2) is 47.4 Å². The van der Waals surface area contributed by atoms with Crippen molar-refractivity contribution >= 4 is 27.5 Å². The van der Waals surface area contributed by atoms with Crippen molar-refractivity contribution in [1.29, 1.82) is 0 Å². The largest absolute Gasteiger partial charge is 0.488 e. The van der Waals surface area contributed by atoms with Gasteiger partial charge in [0.2, 0.25) is 21.8 Å². The number of carbonyl (C=O) groups is 2. The van der Waals surface area contributed by atoms with Crippen LogP contribution in [0.3, 0.4) is 0 Å². The van der Waals surface area contributed by atoms with E-state index in [-0.39, 0.29) is 48.7 Å². The highest BCUT2D eigenvalue weighted by Crippen LogP contribution is 2.30. The predicted octanol–water partition coefficient (Wildman–Crippen LogP) is 2.75. The Bertz CT molecular complexity index is 1300. The number of anilines is 1. The number of sulfonamides is 1. The molecule has 226 valence electrons. The van der Waals surface area contributed by atoms with Gasteiger partial charge < -0.3 is 25.0 Å². The van der Waals surface area contributed by atoms with E-state index in [0.717, 1.165) is 18.5 Å². The molecule has 0 saturated heterocycles. The van der Waals surface area contributed by atoms with Gasteiger partial charge in [-0.05, 0) is 71.2 Å². The third kappa shape index (κ3) is 8.75. The van der Waals surface area contributed by atoms with Gasteiger partial charge >= 0.3 is 0 Å². The Balaban J connectivity index is 1.90. The number of carbonyl (C=O) groups excluding carboxylic acids is 2. The van der Waals surface area contributed by atoms with Crippen molar-refractivity contribution in [3.63, 3.8) is 0 Å². The minimum atomic E-state index is -3.78. The van der Waals surface area contributed by atoms with E-state index in [1.54, 1.807) is 54.3 Å². The molecule has 0 fully saturated rings. The summed E-state index contributed by atoms with van der Waals surface area (Å²) in [5.41, 5.74) is 2.10. The zero-order valence-corrected chi connectivity index (χ0v) is 25.8. The standard InChI is InChI=1S/C30H44N4O6S/c1-21-9-12-26(13-10-21)41(38,39)33(6)19-28-22(2)18-34(23(3)20-35)30(37)17-24-16-25(11-14-27(24)40-28)31-29(36)8-7-15-32(4)5/h9-14,16,22-23,28,35H,7-8,15,17-20H2,1-6H3,(H,31,36)/t22-,23-,28+/m0/s1. The molecule has 11 heteroatoms. The highest BCUT2D eigenvalue weighted by molar-refractivity contribution is 7.89. The maximum Gasteiger partial charge on any atom is 0.242 e. The molecule has 2 amide bonds. The second kappa shape index (κ2) is 14.3. The molecule has 1 heterocycles. The van der Waals surface area contributed by atoms with Gasteiger partial charge in [-0.25, -0.2) is 8.42 Å². The van der Waals surface area contributed by atoms with Crippen LogP contribution >= 0.6 is 0 Å². The molecule has 2 N–H and O–H groups in total. The van der Waals surface area contributed by atoms with Gasteiger partial charge in [0.05, 0.1) is 30.5 Å². The number of benzene rings is 2. The van der Waals surface area contributed by atoms with E-state index in [2.05, 4.69) is 5.32 Å². The molecule has 0 radical (unpaired) electrons. The Kier molecular flexibility index (Phi) is 11.3. The van der Waals surface area contributed by atoms with Gasteiger partial charge in [-0.15, -0.1) is 0 Å². The molecule has 0 spiro atoms. The topological polar surface area (TPSA) is 119 Å². The van der Waals surface area contributed by atoms with Crippen LogP contribution in [-0.2, 0) is 26.0 Å². The monoisotopic (exact) mass is 588 g/mol. The van der Waals surface area contributed by atoms with Crippen LogP contribution in [0.5, 0.6) is 5.75 Å². The molecular formula is C30H44N4O6S. The Hall–Kier alpha value is -2.99. The summed E-state index contributed by atoms with van der Waals surface area (Å²) in [4.78, 5) is 29.8. The molecule has 2 aromatic rings. The number of hydrogen-bond donors (Lipinski definition) is 2. The third-order valence-electron chi connectivity index (χ3n) is 7.38. The first kappa shape index (κ1) is 32.5. The second-order valence-electron chi connectivity index (χ2n) is 11.3. The molecule has 0 saturated carbocycles. The van der Waals surface area contributed by atoms with Crippen molar-refractivity contribution in [2.24, 2.45) is 5.92 Å². The number of ether oxygens (including phenoxy) is 1. The van der Waals surface area contributed by atoms with Crippen LogP contribution in [-0.4, -0.2) is 99.0 Å². The molecule has 1 aliphatic heterocycles. The number of hydrogen-bond acceptors (Lipinski definition) is 7. The smallest absolute Gasteiger partial charge is 0.242 e. The Morgan fingerprint density at radius 1 is 1.17 bits per heavy atom. The van der Waals surface area contributed by atoms with Crippen molar-refractivity contribution in [2.75, 3.05) is 52.7 Å². The fourth-order valence-corrected chi connectivity index (χ4v) is 5.93. The SMILES string of the molecule is Cc1ccc(S(=O)(=O)N(C)C[C@H]2Oc3ccc(NC(=O)CCCN(C)C)cc3CC(=O)N([C@@H](C)CO)C[C@@H]2C)cc1. The van der Waals surface area contributed by atoms with Crippen molar-refractivity contribution in [3.8, 4) is 5.75 Å². The van der Waals surface area contributed by atoms with Crippen LogP contribution in [0.25, 0.3) is 0 Å². The lowest BCUT2D eigenvalue weighted by Gasteiger charge is -2.33. The number of nitrogens with zero attached hydrogens (tertiary/aromatic N) is 3. The molecule has 10 nitrogen and oxygen atoms in total. The first-order chi connectivity index (χ1) is 19.3. The van der Waals surface area contributed by atoms with Gasteiger partial charge in [0.1, 0.15) is 11.9 Å². The molecule has 2 aromatic carbocycles. The average Bonchev–Trinajstić information content (AvgIpc) is 2.95. The maximum atomic E-state index is 13.4. The van der Waals surface area contributed by atoms with Crippen LogP contribution in [0.2, 0.25) is 0 Å². The van der Waals surface area contributed by atoms with Crippen molar-refractivity contribution < 1.29 is 27.9 Å². The summed E-state index contributed by atoms with van der Waals surface area (Å²) in [7, 11) is 1.65. The molecular weight excluding hydrogens is 544 g/mol. The fraction of sp³-hybridized carbons (Fsp3) is 0.533. The zero-order valence-electron chi connectivity index (χ0n) is 25.0.